The van der Waals surface area contributed by atoms with Gasteiger partial charge in [0.1, 0.15) is 17.9 Å². The molecule has 35 heavy (non-hydrogen) atoms. The first kappa shape index (κ1) is 25.8. The molecule has 9 nitrogen and oxygen atoms in total. The fourth-order valence-corrected chi connectivity index (χ4v) is 3.53. The molecule has 2 aromatic carbocycles. The van der Waals surface area contributed by atoms with Crippen LogP contribution in [0.4, 0.5) is 0 Å². The minimum atomic E-state index is -1.34. The summed E-state index contributed by atoms with van der Waals surface area (Å²) < 4.78 is 1.11. The predicted molar refractivity (Wildman–Crippen MR) is 130 cm³/mol. The van der Waals surface area contributed by atoms with Crippen molar-refractivity contribution in [1.82, 2.24) is 15.2 Å². The number of benzene rings is 2. The third-order valence-corrected chi connectivity index (χ3v) is 5.77. The van der Waals surface area contributed by atoms with Crippen LogP contribution >= 0.6 is 23.2 Å². The highest BCUT2D eigenvalue weighted by Crippen LogP contribution is 2.23. The van der Waals surface area contributed by atoms with E-state index in [0.717, 1.165) is 16.3 Å². The number of hydrogen-bond donors (Lipinski definition) is 4. The summed E-state index contributed by atoms with van der Waals surface area (Å²) in [5.74, 6) is -4.08. The van der Waals surface area contributed by atoms with E-state index in [1.807, 2.05) is 24.4 Å². The van der Waals surface area contributed by atoms with Gasteiger partial charge >= 0.3 is 5.97 Å². The van der Waals surface area contributed by atoms with Gasteiger partial charge in [0.2, 0.25) is 0 Å². The SMILES string of the molecule is Cc1ccc(Cn2cc(C(=O)NCc3ccc(Cl)c(Cl)c3)c(O)c(C(=O)NCC(=O)O)c2=O)cc1. The normalized spacial score (nSPS) is 10.6. The highest BCUT2D eigenvalue weighted by Gasteiger charge is 2.25. The second-order valence-corrected chi connectivity index (χ2v) is 8.51. The predicted octanol–water partition coefficient (Wildman–Crippen LogP) is 2.96. The Bertz CT molecular complexity index is 1350. The zero-order valence-electron chi connectivity index (χ0n) is 18.5. The first-order chi connectivity index (χ1) is 16.6. The molecule has 4 N–H and O–H groups in total. The number of carbonyl (C=O) groups is 3. The van der Waals surface area contributed by atoms with Gasteiger partial charge in [0.05, 0.1) is 22.2 Å². The molecule has 0 aliphatic heterocycles. The molecule has 3 aromatic rings. The van der Waals surface area contributed by atoms with Crippen LogP contribution in [0.25, 0.3) is 0 Å². The van der Waals surface area contributed by atoms with Gasteiger partial charge in [0.25, 0.3) is 17.4 Å². The molecule has 11 heteroatoms. The average molecular weight is 518 g/mol. The Labute approximate surface area is 209 Å². The van der Waals surface area contributed by atoms with Crippen molar-refractivity contribution in [3.8, 4) is 5.75 Å². The van der Waals surface area contributed by atoms with E-state index in [1.165, 1.54) is 0 Å². The van der Waals surface area contributed by atoms with E-state index in [2.05, 4.69) is 5.32 Å². The van der Waals surface area contributed by atoms with Crippen LogP contribution in [0.1, 0.15) is 37.4 Å². The number of carboxylic acids is 1. The Morgan fingerprint density at radius 2 is 1.60 bits per heavy atom. The van der Waals surface area contributed by atoms with Crippen molar-refractivity contribution in [1.29, 1.82) is 0 Å². The third kappa shape index (κ3) is 6.40. The number of carboxylic acid groups (broad SMARTS) is 1. The lowest BCUT2D eigenvalue weighted by Crippen LogP contribution is -2.37. The van der Waals surface area contributed by atoms with Crippen LogP contribution in [0.2, 0.25) is 10.0 Å². The lowest BCUT2D eigenvalue weighted by Gasteiger charge is -2.15. The fourth-order valence-electron chi connectivity index (χ4n) is 3.21. The van der Waals surface area contributed by atoms with E-state index < -0.39 is 41.2 Å². The number of halogens is 2. The van der Waals surface area contributed by atoms with Crippen LogP contribution in [0.15, 0.2) is 53.5 Å². The van der Waals surface area contributed by atoms with Gasteiger partial charge in [-0.15, -0.1) is 0 Å². The monoisotopic (exact) mass is 517 g/mol. The quantitative estimate of drug-likeness (QED) is 0.362. The molecule has 2 amide bonds. The fraction of sp³-hybridized carbons (Fsp3) is 0.167. The maximum atomic E-state index is 13.0. The van der Waals surface area contributed by atoms with E-state index in [0.29, 0.717) is 21.2 Å². The number of aromatic hydroxyl groups is 1. The Kier molecular flexibility index (Phi) is 8.16. The molecule has 0 spiro atoms. The number of aliphatic carboxylic acids is 1. The summed E-state index contributed by atoms with van der Waals surface area (Å²) in [6, 6.07) is 12.0. The minimum Gasteiger partial charge on any atom is -0.506 e. The van der Waals surface area contributed by atoms with Gasteiger partial charge in [0.15, 0.2) is 0 Å². The van der Waals surface area contributed by atoms with Crippen molar-refractivity contribution in [2.24, 2.45) is 0 Å². The second kappa shape index (κ2) is 11.1. The summed E-state index contributed by atoms with van der Waals surface area (Å²) in [5.41, 5.74) is 0.384. The Morgan fingerprint density at radius 1 is 0.943 bits per heavy atom. The van der Waals surface area contributed by atoms with Gasteiger partial charge < -0.3 is 25.4 Å². The minimum absolute atomic E-state index is 0.00563. The first-order valence-electron chi connectivity index (χ1n) is 10.3. The molecule has 182 valence electrons. The molecule has 0 saturated heterocycles. The van der Waals surface area contributed by atoms with E-state index in [4.69, 9.17) is 28.3 Å². The zero-order valence-corrected chi connectivity index (χ0v) is 20.0. The first-order valence-corrected chi connectivity index (χ1v) is 11.1. The summed E-state index contributed by atoms with van der Waals surface area (Å²) in [4.78, 5) is 49.3. The van der Waals surface area contributed by atoms with Crippen molar-refractivity contribution in [3.63, 3.8) is 0 Å². The largest absolute Gasteiger partial charge is 0.506 e. The molecule has 0 fully saturated rings. The summed E-state index contributed by atoms with van der Waals surface area (Å²) in [6.07, 6.45) is 1.15. The molecule has 0 aliphatic carbocycles. The number of pyridine rings is 1. The van der Waals surface area contributed by atoms with Crippen molar-refractivity contribution in [2.45, 2.75) is 20.0 Å². The van der Waals surface area contributed by atoms with E-state index >= 15 is 0 Å². The van der Waals surface area contributed by atoms with Gasteiger partial charge in [0, 0.05) is 12.7 Å². The van der Waals surface area contributed by atoms with Crippen LogP contribution in [-0.2, 0) is 17.9 Å². The summed E-state index contributed by atoms with van der Waals surface area (Å²) in [7, 11) is 0. The van der Waals surface area contributed by atoms with Crippen LogP contribution in [0.3, 0.4) is 0 Å². The van der Waals surface area contributed by atoms with Crippen LogP contribution in [-0.4, -0.2) is 39.1 Å². The lowest BCUT2D eigenvalue weighted by atomic mass is 10.1. The molecule has 0 unspecified atom stereocenters. The number of nitrogens with one attached hydrogen (secondary N) is 2. The highest BCUT2D eigenvalue weighted by molar-refractivity contribution is 6.42. The van der Waals surface area contributed by atoms with Gasteiger partial charge in [-0.05, 0) is 30.2 Å². The van der Waals surface area contributed by atoms with Crippen molar-refractivity contribution < 1.29 is 24.6 Å². The van der Waals surface area contributed by atoms with E-state index in [1.54, 1.807) is 30.3 Å². The van der Waals surface area contributed by atoms with Crippen molar-refractivity contribution in [2.75, 3.05) is 6.54 Å². The average Bonchev–Trinajstić information content (AvgIpc) is 2.81. The second-order valence-electron chi connectivity index (χ2n) is 7.69. The number of aromatic nitrogens is 1. The molecule has 0 saturated carbocycles. The molecular weight excluding hydrogens is 497 g/mol. The molecule has 0 radical (unpaired) electrons. The van der Waals surface area contributed by atoms with E-state index in [9.17, 15) is 24.3 Å². The van der Waals surface area contributed by atoms with Crippen molar-refractivity contribution in [3.05, 3.63) is 96.9 Å². The third-order valence-electron chi connectivity index (χ3n) is 5.03. The topological polar surface area (TPSA) is 138 Å². The van der Waals surface area contributed by atoms with Crippen LogP contribution in [0.5, 0.6) is 5.75 Å². The maximum absolute atomic E-state index is 13.0. The van der Waals surface area contributed by atoms with Gasteiger partial charge in [-0.3, -0.25) is 19.2 Å². The molecule has 1 heterocycles. The summed E-state index contributed by atoms with van der Waals surface area (Å²) in [5, 5.41) is 24.8. The molecular formula is C24H21Cl2N3O6. The number of amides is 2. The number of hydrogen-bond acceptors (Lipinski definition) is 5. The molecule has 0 atom stereocenters. The standard InChI is InChI=1S/C24H21Cl2N3O6/c1-13-2-4-14(5-3-13)11-29-12-16(21(32)20(24(29)35)23(34)28-10-19(30)31)22(33)27-9-15-6-7-17(25)18(26)8-15/h2-8,12,32H,9-11H2,1H3,(H,27,33)(H,28,34)(H,30,31). The zero-order chi connectivity index (χ0) is 25.7. The maximum Gasteiger partial charge on any atom is 0.322 e. The Hall–Kier alpha value is -3.82. The number of aryl methyl sites for hydroxylation is 1. The molecule has 1 aromatic heterocycles. The van der Waals surface area contributed by atoms with Crippen molar-refractivity contribution >= 4 is 41.0 Å². The number of rotatable bonds is 8. The van der Waals surface area contributed by atoms with Crippen LogP contribution in [0, 0.1) is 6.92 Å². The molecule has 0 bridgehead atoms. The number of carbonyl (C=O) groups excluding carboxylic acids is 2. The van der Waals surface area contributed by atoms with Gasteiger partial charge in [-0.25, -0.2) is 0 Å². The summed E-state index contributed by atoms with van der Waals surface area (Å²) >= 11 is 11.9. The Morgan fingerprint density at radius 3 is 2.23 bits per heavy atom. The molecule has 0 aliphatic rings. The number of nitrogens with zero attached hydrogens (tertiary/aromatic N) is 1. The highest BCUT2D eigenvalue weighted by atomic mass is 35.5. The summed E-state index contributed by atoms with van der Waals surface area (Å²) in [6.45, 7) is 1.15. The smallest absolute Gasteiger partial charge is 0.322 e. The lowest BCUT2D eigenvalue weighted by molar-refractivity contribution is -0.135. The molecule has 3 rings (SSSR count). The van der Waals surface area contributed by atoms with Crippen LogP contribution < -0.4 is 16.2 Å². The Balaban J connectivity index is 1.98. The van der Waals surface area contributed by atoms with Gasteiger partial charge in [-0.1, -0.05) is 59.1 Å². The van der Waals surface area contributed by atoms with E-state index in [-0.39, 0.29) is 18.7 Å². The van der Waals surface area contributed by atoms with Gasteiger partial charge in [-0.2, -0.15) is 0 Å².